The number of fused-ring (bicyclic) bond motifs is 3. The van der Waals surface area contributed by atoms with Crippen LogP contribution in [0.1, 0.15) is 29.0 Å². The molecule has 0 saturated carbocycles. The largest absolute Gasteiger partial charge is 0.480 e. The van der Waals surface area contributed by atoms with Gasteiger partial charge in [0.2, 0.25) is 0 Å². The Bertz CT molecular complexity index is 1070. The van der Waals surface area contributed by atoms with E-state index in [1.54, 1.807) is 0 Å². The van der Waals surface area contributed by atoms with Crippen LogP contribution in [0.2, 0.25) is 0 Å². The first kappa shape index (κ1) is 16.8. The van der Waals surface area contributed by atoms with Gasteiger partial charge in [0, 0.05) is 18.2 Å². The number of rotatable bonds is 3. The Kier molecular flexibility index (Phi) is 4.01. The predicted molar refractivity (Wildman–Crippen MR) is 112 cm³/mol. The molecule has 3 nitrogen and oxygen atoms in total. The van der Waals surface area contributed by atoms with E-state index in [0.29, 0.717) is 13.0 Å². The fraction of sp³-hybridized carbons (Fsp3) is 0.160. The van der Waals surface area contributed by atoms with Gasteiger partial charge in [-0.25, -0.2) is 4.79 Å². The Hall–Kier alpha value is -3.33. The third-order valence-electron chi connectivity index (χ3n) is 5.87. The summed E-state index contributed by atoms with van der Waals surface area (Å²) in [6.45, 7) is 0.616. The number of benzene rings is 3. The lowest BCUT2D eigenvalue weighted by molar-refractivity contribution is -0.138. The normalized spacial score (nSPS) is 19.9. The molecular formula is C25H21NO2. The molecule has 2 aliphatic rings. The first-order chi connectivity index (χ1) is 13.8. The number of hydrogen-bond acceptors (Lipinski definition) is 2. The average molecular weight is 367 g/mol. The van der Waals surface area contributed by atoms with Crippen LogP contribution >= 0.6 is 0 Å². The van der Waals surface area contributed by atoms with E-state index in [9.17, 15) is 9.90 Å². The molecule has 3 aromatic rings. The van der Waals surface area contributed by atoms with Crippen LogP contribution in [-0.4, -0.2) is 23.7 Å². The van der Waals surface area contributed by atoms with Crippen molar-refractivity contribution in [2.75, 3.05) is 11.4 Å². The first-order valence-electron chi connectivity index (χ1n) is 9.67. The second kappa shape index (κ2) is 6.68. The number of nitrogens with zero attached hydrogens (tertiary/aromatic N) is 1. The van der Waals surface area contributed by atoms with Crippen molar-refractivity contribution in [3.8, 4) is 11.1 Å². The molecule has 1 heterocycles. The Labute approximate surface area is 164 Å². The number of aliphatic carboxylic acids is 1. The van der Waals surface area contributed by atoms with Crippen LogP contribution in [0.4, 0.5) is 5.69 Å². The molecule has 0 bridgehead atoms. The Morgan fingerprint density at radius 3 is 2.43 bits per heavy atom. The van der Waals surface area contributed by atoms with Crippen molar-refractivity contribution >= 4 is 11.7 Å². The van der Waals surface area contributed by atoms with Crippen molar-refractivity contribution in [3.63, 3.8) is 0 Å². The van der Waals surface area contributed by atoms with E-state index < -0.39 is 12.0 Å². The van der Waals surface area contributed by atoms with Gasteiger partial charge in [0.25, 0.3) is 0 Å². The van der Waals surface area contributed by atoms with Gasteiger partial charge in [0.15, 0.2) is 0 Å². The monoisotopic (exact) mass is 367 g/mol. The van der Waals surface area contributed by atoms with E-state index in [0.717, 1.165) is 5.69 Å². The zero-order valence-electron chi connectivity index (χ0n) is 15.5. The summed E-state index contributed by atoms with van der Waals surface area (Å²) in [4.78, 5) is 14.0. The van der Waals surface area contributed by atoms with Crippen molar-refractivity contribution in [3.05, 3.63) is 102 Å². The molecule has 0 spiro atoms. The molecule has 0 aromatic heterocycles. The summed E-state index contributed by atoms with van der Waals surface area (Å²) < 4.78 is 0. The van der Waals surface area contributed by atoms with Crippen LogP contribution in [0, 0.1) is 0 Å². The lowest BCUT2D eigenvalue weighted by Gasteiger charge is -2.34. The summed E-state index contributed by atoms with van der Waals surface area (Å²) in [6.07, 6.45) is 4.57. The van der Waals surface area contributed by atoms with Crippen LogP contribution in [0.3, 0.4) is 0 Å². The van der Waals surface area contributed by atoms with Gasteiger partial charge < -0.3 is 10.0 Å². The van der Waals surface area contributed by atoms with Gasteiger partial charge in [0.05, 0.1) is 0 Å². The van der Waals surface area contributed by atoms with Crippen LogP contribution in [0.5, 0.6) is 0 Å². The fourth-order valence-corrected chi connectivity index (χ4v) is 4.65. The fourth-order valence-electron chi connectivity index (χ4n) is 4.65. The van der Waals surface area contributed by atoms with Crippen molar-refractivity contribution in [1.29, 1.82) is 0 Å². The first-order valence-corrected chi connectivity index (χ1v) is 9.67. The molecule has 0 radical (unpaired) electrons. The molecule has 1 aliphatic carbocycles. The van der Waals surface area contributed by atoms with E-state index in [2.05, 4.69) is 72.8 Å². The molecule has 28 heavy (non-hydrogen) atoms. The van der Waals surface area contributed by atoms with Crippen LogP contribution in [0.25, 0.3) is 11.1 Å². The van der Waals surface area contributed by atoms with Crippen molar-refractivity contribution in [2.45, 2.75) is 18.4 Å². The predicted octanol–water partition coefficient (Wildman–Crippen LogP) is 5.07. The number of carboxylic acid groups (broad SMARTS) is 1. The van der Waals surface area contributed by atoms with Crippen molar-refractivity contribution < 1.29 is 9.90 Å². The van der Waals surface area contributed by atoms with Gasteiger partial charge in [0.1, 0.15) is 6.04 Å². The highest BCUT2D eigenvalue weighted by molar-refractivity contribution is 5.88. The molecule has 5 rings (SSSR count). The molecule has 3 aromatic carbocycles. The Balaban J connectivity index is 1.74. The maximum absolute atomic E-state index is 11.9. The summed E-state index contributed by atoms with van der Waals surface area (Å²) in [6, 6.07) is 24.8. The van der Waals surface area contributed by atoms with Gasteiger partial charge in [-0.05, 0) is 40.3 Å². The summed E-state index contributed by atoms with van der Waals surface area (Å²) >= 11 is 0. The summed E-state index contributed by atoms with van der Waals surface area (Å²) in [7, 11) is 0. The number of anilines is 1. The minimum Gasteiger partial charge on any atom is -0.480 e. The molecule has 0 saturated heterocycles. The van der Waals surface area contributed by atoms with E-state index in [-0.39, 0.29) is 5.92 Å². The molecule has 0 amide bonds. The molecule has 3 heteroatoms. The summed E-state index contributed by atoms with van der Waals surface area (Å²) in [5.74, 6) is -0.655. The smallest absolute Gasteiger partial charge is 0.326 e. The van der Waals surface area contributed by atoms with E-state index in [1.807, 2.05) is 17.0 Å². The second-order valence-electron chi connectivity index (χ2n) is 7.38. The maximum Gasteiger partial charge on any atom is 0.326 e. The Morgan fingerprint density at radius 1 is 0.857 bits per heavy atom. The number of carbonyl (C=O) groups is 1. The molecule has 0 fully saturated rings. The second-order valence-corrected chi connectivity index (χ2v) is 7.38. The third-order valence-corrected chi connectivity index (χ3v) is 5.87. The minimum absolute atomic E-state index is 0.115. The molecule has 138 valence electrons. The van der Waals surface area contributed by atoms with Crippen molar-refractivity contribution in [2.24, 2.45) is 0 Å². The highest BCUT2D eigenvalue weighted by atomic mass is 16.4. The minimum atomic E-state index is -0.770. The van der Waals surface area contributed by atoms with Gasteiger partial charge in [-0.1, -0.05) is 78.9 Å². The van der Waals surface area contributed by atoms with E-state index in [4.69, 9.17) is 0 Å². The van der Waals surface area contributed by atoms with Crippen LogP contribution in [0.15, 0.2) is 84.9 Å². The van der Waals surface area contributed by atoms with Crippen molar-refractivity contribution in [1.82, 2.24) is 0 Å². The highest BCUT2D eigenvalue weighted by Crippen LogP contribution is 2.51. The van der Waals surface area contributed by atoms with E-state index in [1.165, 1.54) is 27.8 Å². The highest BCUT2D eigenvalue weighted by Gasteiger charge is 2.35. The molecule has 1 unspecified atom stereocenters. The van der Waals surface area contributed by atoms with Gasteiger partial charge in [-0.15, -0.1) is 0 Å². The number of hydrogen-bond donors (Lipinski definition) is 1. The van der Waals surface area contributed by atoms with Gasteiger partial charge in [-0.2, -0.15) is 0 Å². The zero-order valence-corrected chi connectivity index (χ0v) is 15.5. The molecule has 1 N–H and O–H groups in total. The van der Waals surface area contributed by atoms with Gasteiger partial charge >= 0.3 is 5.97 Å². The maximum atomic E-state index is 11.9. The molecule has 2 atom stereocenters. The molecule has 1 aliphatic heterocycles. The quantitative estimate of drug-likeness (QED) is 0.514. The average Bonchev–Trinajstić information content (AvgIpc) is 3.09. The zero-order chi connectivity index (χ0) is 19.1. The summed E-state index contributed by atoms with van der Waals surface area (Å²) in [5, 5.41) is 9.80. The lowest BCUT2D eigenvalue weighted by Crippen LogP contribution is -2.43. The third kappa shape index (κ3) is 2.55. The topological polar surface area (TPSA) is 40.5 Å². The van der Waals surface area contributed by atoms with E-state index >= 15 is 0 Å². The molecular weight excluding hydrogens is 346 g/mol. The Morgan fingerprint density at radius 2 is 1.61 bits per heavy atom. The summed E-state index contributed by atoms with van der Waals surface area (Å²) in [5.41, 5.74) is 7.22. The van der Waals surface area contributed by atoms with Gasteiger partial charge in [-0.3, -0.25) is 0 Å². The SMILES string of the molecule is O=C(O)[C@H]1CC=CCN1c1cccc2c1C(c1ccccc1)c1ccccc1-2. The van der Waals surface area contributed by atoms with Crippen LogP contribution < -0.4 is 4.90 Å². The standard InChI is InChI=1S/C25H21NO2/c27-25(28)22-14-6-7-16-26(22)21-15-8-13-20-18-11-4-5-12-19(18)23(24(20)21)17-9-2-1-3-10-17/h1-13,15,22-23H,14,16H2,(H,27,28)/t22-,23?/m1/s1. The van der Waals surface area contributed by atoms with Crippen LogP contribution in [-0.2, 0) is 4.79 Å². The lowest BCUT2D eigenvalue weighted by atomic mass is 9.87. The number of carboxylic acids is 1.